The van der Waals surface area contributed by atoms with Gasteiger partial charge in [0.15, 0.2) is 17.4 Å². The van der Waals surface area contributed by atoms with Crippen LogP contribution in [0.1, 0.15) is 21.6 Å². The van der Waals surface area contributed by atoms with Gasteiger partial charge in [-0.2, -0.15) is 0 Å². The van der Waals surface area contributed by atoms with Crippen molar-refractivity contribution in [1.29, 1.82) is 0 Å². The van der Waals surface area contributed by atoms with Crippen LogP contribution in [0.5, 0.6) is 0 Å². The van der Waals surface area contributed by atoms with Gasteiger partial charge in [0.05, 0.1) is 10.8 Å². The molecule has 5 heteroatoms. The summed E-state index contributed by atoms with van der Waals surface area (Å²) in [7, 11) is 0. The van der Waals surface area contributed by atoms with Crippen molar-refractivity contribution < 1.29 is 13.6 Å². The maximum atomic E-state index is 13.1. The Labute approximate surface area is 120 Å². The van der Waals surface area contributed by atoms with E-state index in [9.17, 15) is 13.6 Å². The molecule has 0 aliphatic rings. The third-order valence-corrected chi connectivity index (χ3v) is 3.58. The molecule has 0 unspecified atom stereocenters. The van der Waals surface area contributed by atoms with E-state index in [0.29, 0.717) is 0 Å². The molecular formula is C15H13F2NOS. The first-order chi connectivity index (χ1) is 9.45. The molecule has 2 rings (SSSR count). The van der Waals surface area contributed by atoms with Gasteiger partial charge in [-0.15, -0.1) is 0 Å². The van der Waals surface area contributed by atoms with Crippen molar-refractivity contribution >= 4 is 17.5 Å². The van der Waals surface area contributed by atoms with Gasteiger partial charge in [-0.25, -0.2) is 13.8 Å². The first-order valence-electron chi connectivity index (χ1n) is 6.02. The fourth-order valence-corrected chi connectivity index (χ4v) is 2.69. The van der Waals surface area contributed by atoms with E-state index in [2.05, 4.69) is 4.98 Å². The number of rotatable bonds is 4. The van der Waals surface area contributed by atoms with Gasteiger partial charge in [0.1, 0.15) is 0 Å². The molecule has 20 heavy (non-hydrogen) atoms. The van der Waals surface area contributed by atoms with Crippen LogP contribution in [0.25, 0.3) is 0 Å². The van der Waals surface area contributed by atoms with E-state index in [-0.39, 0.29) is 17.1 Å². The number of aryl methyl sites for hydroxylation is 2. The van der Waals surface area contributed by atoms with Crippen LogP contribution in [-0.2, 0) is 0 Å². The Morgan fingerprint density at radius 3 is 2.55 bits per heavy atom. The molecule has 0 saturated heterocycles. The number of Topliss-reactive ketones (excluding diaryl/α,β-unsaturated/α-hetero) is 1. The van der Waals surface area contributed by atoms with Crippen LogP contribution >= 0.6 is 11.8 Å². The number of carbonyl (C=O) groups excluding carboxylic acids is 1. The van der Waals surface area contributed by atoms with Crippen molar-refractivity contribution in [1.82, 2.24) is 4.98 Å². The maximum Gasteiger partial charge on any atom is 0.173 e. The summed E-state index contributed by atoms with van der Waals surface area (Å²) >= 11 is 1.28. The highest BCUT2D eigenvalue weighted by molar-refractivity contribution is 7.99. The fourth-order valence-electron chi connectivity index (χ4n) is 1.77. The molecule has 2 aromatic rings. The van der Waals surface area contributed by atoms with Gasteiger partial charge in [-0.05, 0) is 49.7 Å². The molecule has 0 fully saturated rings. The van der Waals surface area contributed by atoms with E-state index in [0.717, 1.165) is 28.4 Å². The van der Waals surface area contributed by atoms with Crippen LogP contribution in [-0.4, -0.2) is 16.5 Å². The van der Waals surface area contributed by atoms with Crippen LogP contribution in [0.2, 0.25) is 0 Å². The van der Waals surface area contributed by atoms with Crippen molar-refractivity contribution in [3.63, 3.8) is 0 Å². The lowest BCUT2D eigenvalue weighted by Gasteiger charge is -2.04. The van der Waals surface area contributed by atoms with E-state index >= 15 is 0 Å². The number of ketones is 1. The van der Waals surface area contributed by atoms with Crippen LogP contribution < -0.4 is 0 Å². The van der Waals surface area contributed by atoms with Gasteiger partial charge in [0, 0.05) is 11.3 Å². The first kappa shape index (κ1) is 14.7. The number of benzene rings is 1. The summed E-state index contributed by atoms with van der Waals surface area (Å²) in [6, 6.07) is 7.00. The predicted octanol–water partition coefficient (Wildman–Crippen LogP) is 3.95. The number of hydrogen-bond donors (Lipinski definition) is 0. The number of thioether (sulfide) groups is 1. The normalized spacial score (nSPS) is 10.6. The number of halogens is 2. The Hall–Kier alpha value is -1.75. The molecule has 0 amide bonds. The molecule has 1 aromatic heterocycles. The number of hydrogen-bond acceptors (Lipinski definition) is 3. The van der Waals surface area contributed by atoms with Gasteiger partial charge in [-0.1, -0.05) is 11.8 Å². The predicted molar refractivity (Wildman–Crippen MR) is 75.1 cm³/mol. The first-order valence-corrected chi connectivity index (χ1v) is 7.00. The topological polar surface area (TPSA) is 30.0 Å². The lowest BCUT2D eigenvalue weighted by molar-refractivity contribution is 0.102. The molecule has 104 valence electrons. The number of nitrogens with zero attached hydrogens (tertiary/aromatic N) is 1. The number of pyridine rings is 1. The molecule has 2 nitrogen and oxygen atoms in total. The number of aromatic nitrogens is 1. The molecule has 0 spiro atoms. The zero-order valence-electron chi connectivity index (χ0n) is 11.1. The molecule has 0 N–H and O–H groups in total. The SMILES string of the molecule is Cc1cc(C)nc(SCC(=O)c2ccc(F)c(F)c2)c1. The molecule has 0 aliphatic heterocycles. The van der Waals surface area contributed by atoms with E-state index in [1.165, 1.54) is 17.8 Å². The van der Waals surface area contributed by atoms with Gasteiger partial charge < -0.3 is 0 Å². The lowest BCUT2D eigenvalue weighted by Crippen LogP contribution is -2.04. The van der Waals surface area contributed by atoms with Crippen molar-refractivity contribution in [3.05, 3.63) is 58.8 Å². The summed E-state index contributed by atoms with van der Waals surface area (Å²) in [5, 5.41) is 0.749. The van der Waals surface area contributed by atoms with Crippen LogP contribution in [0.15, 0.2) is 35.4 Å². The van der Waals surface area contributed by atoms with Crippen LogP contribution in [0, 0.1) is 25.5 Å². The molecule has 1 aromatic carbocycles. The quantitative estimate of drug-likeness (QED) is 0.631. The summed E-state index contributed by atoms with van der Waals surface area (Å²) in [4.78, 5) is 16.2. The summed E-state index contributed by atoms with van der Waals surface area (Å²) in [5.41, 5.74) is 2.12. The summed E-state index contributed by atoms with van der Waals surface area (Å²) in [6.45, 7) is 3.84. The Morgan fingerprint density at radius 1 is 1.15 bits per heavy atom. The summed E-state index contributed by atoms with van der Waals surface area (Å²) < 4.78 is 25.9. The highest BCUT2D eigenvalue weighted by Gasteiger charge is 2.11. The van der Waals surface area contributed by atoms with Crippen molar-refractivity contribution in [2.24, 2.45) is 0 Å². The van der Waals surface area contributed by atoms with E-state index < -0.39 is 11.6 Å². The van der Waals surface area contributed by atoms with Crippen LogP contribution in [0.4, 0.5) is 8.78 Å². The monoisotopic (exact) mass is 293 g/mol. The Morgan fingerprint density at radius 2 is 1.90 bits per heavy atom. The van der Waals surface area contributed by atoms with E-state index in [1.54, 1.807) is 0 Å². The highest BCUT2D eigenvalue weighted by atomic mass is 32.2. The fraction of sp³-hybridized carbons (Fsp3) is 0.200. The standard InChI is InChI=1S/C15H13F2NOS/c1-9-5-10(2)18-15(6-9)20-8-14(19)11-3-4-12(16)13(17)7-11/h3-7H,8H2,1-2H3. The average Bonchev–Trinajstić information content (AvgIpc) is 2.38. The Balaban J connectivity index is 2.06. The zero-order valence-corrected chi connectivity index (χ0v) is 11.9. The molecule has 1 heterocycles. The van der Waals surface area contributed by atoms with Gasteiger partial charge in [-0.3, -0.25) is 4.79 Å². The molecule has 0 atom stereocenters. The van der Waals surface area contributed by atoms with E-state index in [4.69, 9.17) is 0 Å². The maximum absolute atomic E-state index is 13.1. The van der Waals surface area contributed by atoms with Gasteiger partial charge in [0.25, 0.3) is 0 Å². The molecule has 0 saturated carbocycles. The summed E-state index contributed by atoms with van der Waals surface area (Å²) in [5.74, 6) is -2.08. The van der Waals surface area contributed by atoms with Crippen molar-refractivity contribution in [2.45, 2.75) is 18.9 Å². The minimum absolute atomic E-state index is 0.140. The molecule has 0 aliphatic carbocycles. The largest absolute Gasteiger partial charge is 0.293 e. The second-order valence-electron chi connectivity index (χ2n) is 4.46. The number of carbonyl (C=O) groups is 1. The lowest BCUT2D eigenvalue weighted by atomic mass is 10.1. The Kier molecular flexibility index (Phi) is 4.49. The minimum atomic E-state index is -1.01. The molecular weight excluding hydrogens is 280 g/mol. The zero-order chi connectivity index (χ0) is 14.7. The minimum Gasteiger partial charge on any atom is -0.293 e. The second kappa shape index (κ2) is 6.13. The van der Waals surface area contributed by atoms with Gasteiger partial charge >= 0.3 is 0 Å². The third kappa shape index (κ3) is 3.63. The van der Waals surface area contributed by atoms with Crippen molar-refractivity contribution in [3.8, 4) is 0 Å². The third-order valence-electron chi connectivity index (χ3n) is 2.67. The smallest absolute Gasteiger partial charge is 0.173 e. The van der Waals surface area contributed by atoms with Crippen molar-refractivity contribution in [2.75, 3.05) is 5.75 Å². The average molecular weight is 293 g/mol. The van der Waals surface area contributed by atoms with Gasteiger partial charge in [0.2, 0.25) is 0 Å². The second-order valence-corrected chi connectivity index (χ2v) is 5.46. The highest BCUT2D eigenvalue weighted by Crippen LogP contribution is 2.19. The van der Waals surface area contributed by atoms with Crippen LogP contribution in [0.3, 0.4) is 0 Å². The Bertz CT molecular complexity index is 638. The van der Waals surface area contributed by atoms with E-state index in [1.807, 2.05) is 26.0 Å². The molecule has 0 radical (unpaired) electrons. The summed E-state index contributed by atoms with van der Waals surface area (Å²) in [6.07, 6.45) is 0. The molecule has 0 bridgehead atoms.